The van der Waals surface area contributed by atoms with Gasteiger partial charge in [0.1, 0.15) is 0 Å². The molecule has 2 unspecified atom stereocenters. The third-order valence-electron chi connectivity index (χ3n) is 3.68. The molecule has 0 saturated carbocycles. The topological polar surface area (TPSA) is 61.4 Å². The quantitative estimate of drug-likeness (QED) is 0.748. The number of nitrogens with one attached hydrogen (secondary N) is 2. The molecule has 0 aromatic rings. The second-order valence-corrected chi connectivity index (χ2v) is 5.36. The molecule has 1 rings (SSSR count). The Morgan fingerprint density at radius 2 is 2.16 bits per heavy atom. The van der Waals surface area contributed by atoms with Crippen LogP contribution < -0.4 is 10.6 Å². The molecular formula is C14H27N3O2. The van der Waals surface area contributed by atoms with Crippen LogP contribution >= 0.6 is 0 Å². The molecule has 19 heavy (non-hydrogen) atoms. The lowest BCUT2D eigenvalue weighted by Crippen LogP contribution is -2.47. The van der Waals surface area contributed by atoms with E-state index in [1.54, 1.807) is 0 Å². The summed E-state index contributed by atoms with van der Waals surface area (Å²) in [7, 11) is 1.88. The zero-order valence-corrected chi connectivity index (χ0v) is 12.4. The molecule has 0 bridgehead atoms. The van der Waals surface area contributed by atoms with Gasteiger partial charge in [0.15, 0.2) is 0 Å². The maximum absolute atomic E-state index is 12.1. The number of carbonyl (C=O) groups excluding carboxylic acids is 2. The Balaban J connectivity index is 2.41. The summed E-state index contributed by atoms with van der Waals surface area (Å²) >= 11 is 0. The third kappa shape index (κ3) is 5.19. The van der Waals surface area contributed by atoms with Crippen LogP contribution in [0, 0.1) is 5.92 Å². The minimum absolute atomic E-state index is 0.0430. The third-order valence-corrected chi connectivity index (χ3v) is 3.68. The molecule has 5 nitrogen and oxygen atoms in total. The van der Waals surface area contributed by atoms with Crippen molar-refractivity contribution in [3.8, 4) is 0 Å². The van der Waals surface area contributed by atoms with Crippen molar-refractivity contribution in [3.63, 3.8) is 0 Å². The van der Waals surface area contributed by atoms with Crippen LogP contribution in [0.2, 0.25) is 0 Å². The molecule has 1 aliphatic heterocycles. The molecule has 110 valence electrons. The number of rotatable bonds is 6. The van der Waals surface area contributed by atoms with Crippen molar-refractivity contribution < 1.29 is 9.59 Å². The summed E-state index contributed by atoms with van der Waals surface area (Å²) in [6, 6.07) is 0.269. The largest absolute Gasteiger partial charge is 0.354 e. The highest BCUT2D eigenvalue weighted by atomic mass is 16.2. The highest BCUT2D eigenvalue weighted by molar-refractivity contribution is 5.81. The lowest BCUT2D eigenvalue weighted by Gasteiger charge is -2.32. The number of likely N-dealkylation sites (tertiary alicyclic amines) is 1. The second-order valence-electron chi connectivity index (χ2n) is 5.36. The van der Waals surface area contributed by atoms with E-state index in [1.807, 2.05) is 25.8 Å². The molecule has 0 radical (unpaired) electrons. The molecular weight excluding hydrogens is 242 g/mol. The number of amides is 2. The molecule has 2 atom stereocenters. The first-order valence-electron chi connectivity index (χ1n) is 7.31. The molecule has 5 heteroatoms. The Morgan fingerprint density at radius 3 is 2.79 bits per heavy atom. The number of carbonyl (C=O) groups is 2. The fourth-order valence-electron chi connectivity index (χ4n) is 2.29. The zero-order valence-electron chi connectivity index (χ0n) is 12.4. The molecule has 1 fully saturated rings. The minimum atomic E-state index is -0.0430. The lowest BCUT2D eigenvalue weighted by atomic mass is 9.96. The molecule has 0 aromatic carbocycles. The van der Waals surface area contributed by atoms with Crippen LogP contribution in [0.4, 0.5) is 0 Å². The second kappa shape index (κ2) is 8.15. The van der Waals surface area contributed by atoms with Gasteiger partial charge in [0.2, 0.25) is 11.8 Å². The van der Waals surface area contributed by atoms with Crippen molar-refractivity contribution in [2.75, 3.05) is 26.7 Å². The lowest BCUT2D eigenvalue weighted by molar-refractivity contribution is -0.135. The average molecular weight is 269 g/mol. The van der Waals surface area contributed by atoms with E-state index in [2.05, 4.69) is 10.6 Å². The van der Waals surface area contributed by atoms with Gasteiger partial charge in [-0.05, 0) is 33.2 Å². The predicted molar refractivity (Wildman–Crippen MR) is 75.7 cm³/mol. The number of likely N-dealkylation sites (N-methyl/N-ethyl adjacent to an activating group) is 1. The standard InChI is InChI=1S/C14H27N3O2/c1-4-6-13(18)17-8-5-7-12(10-17)14(19)16-9-11(2)15-3/h11-12,15H,4-10H2,1-3H3,(H,16,19). The Morgan fingerprint density at radius 1 is 1.42 bits per heavy atom. The predicted octanol–water partition coefficient (Wildman–Crippen LogP) is 0.749. The van der Waals surface area contributed by atoms with E-state index in [9.17, 15) is 9.59 Å². The van der Waals surface area contributed by atoms with Gasteiger partial charge in [-0.3, -0.25) is 9.59 Å². The van der Waals surface area contributed by atoms with Gasteiger partial charge in [-0.2, -0.15) is 0 Å². The van der Waals surface area contributed by atoms with Gasteiger partial charge in [0.25, 0.3) is 0 Å². The van der Waals surface area contributed by atoms with E-state index in [4.69, 9.17) is 0 Å². The summed E-state index contributed by atoms with van der Waals surface area (Å²) < 4.78 is 0. The van der Waals surface area contributed by atoms with Gasteiger partial charge >= 0.3 is 0 Å². The van der Waals surface area contributed by atoms with Gasteiger partial charge in [-0.25, -0.2) is 0 Å². The Bertz CT molecular complexity index is 307. The van der Waals surface area contributed by atoms with Crippen LogP contribution in [-0.2, 0) is 9.59 Å². The maximum Gasteiger partial charge on any atom is 0.224 e. The Hall–Kier alpha value is -1.10. The summed E-state index contributed by atoms with van der Waals surface area (Å²) in [5, 5.41) is 6.04. The first-order chi connectivity index (χ1) is 9.08. The molecule has 2 N–H and O–H groups in total. The minimum Gasteiger partial charge on any atom is -0.354 e. The molecule has 0 spiro atoms. The monoisotopic (exact) mass is 269 g/mol. The van der Waals surface area contributed by atoms with Crippen LogP contribution in [0.1, 0.15) is 39.5 Å². The maximum atomic E-state index is 12.1. The van der Waals surface area contributed by atoms with Gasteiger partial charge in [-0.15, -0.1) is 0 Å². The fraction of sp³-hybridized carbons (Fsp3) is 0.857. The van der Waals surface area contributed by atoms with E-state index >= 15 is 0 Å². The molecule has 1 aliphatic rings. The van der Waals surface area contributed by atoms with Gasteiger partial charge in [-0.1, -0.05) is 6.92 Å². The van der Waals surface area contributed by atoms with Crippen LogP contribution in [0.15, 0.2) is 0 Å². The summed E-state index contributed by atoms with van der Waals surface area (Å²) in [4.78, 5) is 25.8. The number of hydrogen-bond donors (Lipinski definition) is 2. The first-order valence-corrected chi connectivity index (χ1v) is 7.31. The van der Waals surface area contributed by atoms with E-state index in [0.717, 1.165) is 25.8 Å². The number of nitrogens with zero attached hydrogens (tertiary/aromatic N) is 1. The van der Waals surface area contributed by atoms with E-state index in [-0.39, 0.29) is 23.8 Å². The van der Waals surface area contributed by atoms with Crippen LogP contribution in [0.25, 0.3) is 0 Å². The Labute approximate surface area is 116 Å². The first kappa shape index (κ1) is 16.0. The van der Waals surface area contributed by atoms with Crippen molar-refractivity contribution in [2.45, 2.75) is 45.6 Å². The van der Waals surface area contributed by atoms with Crippen molar-refractivity contribution in [2.24, 2.45) is 5.92 Å². The summed E-state index contributed by atoms with van der Waals surface area (Å²) in [6.07, 6.45) is 3.27. The van der Waals surface area contributed by atoms with Crippen LogP contribution in [0.5, 0.6) is 0 Å². The van der Waals surface area contributed by atoms with Crippen molar-refractivity contribution in [1.29, 1.82) is 0 Å². The smallest absolute Gasteiger partial charge is 0.224 e. The van der Waals surface area contributed by atoms with Gasteiger partial charge in [0, 0.05) is 32.1 Å². The van der Waals surface area contributed by atoms with Crippen LogP contribution in [-0.4, -0.2) is 49.4 Å². The average Bonchev–Trinajstić information content (AvgIpc) is 2.44. The number of piperidine rings is 1. The SMILES string of the molecule is CCCC(=O)N1CCCC(C(=O)NCC(C)NC)C1. The summed E-state index contributed by atoms with van der Waals surface area (Å²) in [5.41, 5.74) is 0. The zero-order chi connectivity index (χ0) is 14.3. The molecule has 2 amide bonds. The van der Waals surface area contributed by atoms with E-state index in [1.165, 1.54) is 0 Å². The number of hydrogen-bond acceptors (Lipinski definition) is 3. The summed E-state index contributed by atoms with van der Waals surface area (Å²) in [5.74, 6) is 0.221. The fourth-order valence-corrected chi connectivity index (χ4v) is 2.29. The van der Waals surface area contributed by atoms with E-state index < -0.39 is 0 Å². The van der Waals surface area contributed by atoms with E-state index in [0.29, 0.717) is 19.5 Å². The summed E-state index contributed by atoms with van der Waals surface area (Å²) in [6.45, 7) is 6.05. The molecule has 1 heterocycles. The highest BCUT2D eigenvalue weighted by Gasteiger charge is 2.27. The van der Waals surface area contributed by atoms with Crippen LogP contribution in [0.3, 0.4) is 0 Å². The molecule has 1 saturated heterocycles. The normalized spacial score (nSPS) is 21.0. The van der Waals surface area contributed by atoms with Crippen molar-refractivity contribution in [3.05, 3.63) is 0 Å². The highest BCUT2D eigenvalue weighted by Crippen LogP contribution is 2.17. The Kier molecular flexibility index (Phi) is 6.84. The molecule has 0 aliphatic carbocycles. The van der Waals surface area contributed by atoms with Crippen molar-refractivity contribution >= 4 is 11.8 Å². The molecule has 0 aromatic heterocycles. The van der Waals surface area contributed by atoms with Crippen molar-refractivity contribution in [1.82, 2.24) is 15.5 Å². The van der Waals surface area contributed by atoms with Gasteiger partial charge in [0.05, 0.1) is 5.92 Å². The van der Waals surface area contributed by atoms with Gasteiger partial charge < -0.3 is 15.5 Å².